The molecule has 0 spiro atoms. The third-order valence-corrected chi connectivity index (χ3v) is 6.71. The summed E-state index contributed by atoms with van der Waals surface area (Å²) in [6.45, 7) is 6.98. The lowest BCUT2D eigenvalue weighted by Crippen LogP contribution is -2.57. The lowest BCUT2D eigenvalue weighted by atomic mass is 9.74. The third kappa shape index (κ3) is 2.64. The van der Waals surface area contributed by atoms with E-state index in [-0.39, 0.29) is 24.4 Å². The van der Waals surface area contributed by atoms with Crippen molar-refractivity contribution in [1.29, 1.82) is 0 Å². The first-order valence-electron chi connectivity index (χ1n) is 10.1. The van der Waals surface area contributed by atoms with Crippen LogP contribution in [-0.2, 0) is 0 Å². The fraction of sp³-hybridized carbons (Fsp3) is 0.478. The van der Waals surface area contributed by atoms with Gasteiger partial charge in [0.15, 0.2) is 17.2 Å². The molecule has 148 valence electrons. The van der Waals surface area contributed by atoms with E-state index in [1.807, 2.05) is 18.2 Å². The largest absolute Gasteiger partial charge is 0.497 e. The van der Waals surface area contributed by atoms with E-state index >= 15 is 0 Å². The summed E-state index contributed by atoms with van der Waals surface area (Å²) in [6, 6.07) is 12.5. The first-order chi connectivity index (χ1) is 13.6. The monoisotopic (exact) mass is 381 g/mol. The van der Waals surface area contributed by atoms with Gasteiger partial charge in [0.05, 0.1) is 7.11 Å². The molecular formula is C23H27NO4. The van der Waals surface area contributed by atoms with Crippen LogP contribution in [-0.4, -0.2) is 37.6 Å². The van der Waals surface area contributed by atoms with Crippen LogP contribution in [0.15, 0.2) is 36.4 Å². The van der Waals surface area contributed by atoms with Crippen LogP contribution in [0.25, 0.3) is 0 Å². The average Bonchev–Trinajstić information content (AvgIpc) is 3.40. The molecule has 0 unspecified atom stereocenters. The number of methoxy groups -OCH3 is 1. The van der Waals surface area contributed by atoms with Crippen molar-refractivity contribution in [2.24, 2.45) is 5.92 Å². The van der Waals surface area contributed by atoms with Crippen molar-refractivity contribution in [1.82, 2.24) is 4.90 Å². The lowest BCUT2D eigenvalue weighted by molar-refractivity contribution is -0.114. The van der Waals surface area contributed by atoms with Gasteiger partial charge in [0.1, 0.15) is 11.5 Å². The van der Waals surface area contributed by atoms with Crippen molar-refractivity contribution >= 4 is 0 Å². The van der Waals surface area contributed by atoms with Crippen molar-refractivity contribution in [2.75, 3.05) is 27.0 Å². The van der Waals surface area contributed by atoms with Gasteiger partial charge < -0.3 is 18.9 Å². The molecule has 0 N–H and O–H groups in total. The van der Waals surface area contributed by atoms with Gasteiger partial charge >= 0.3 is 0 Å². The standard InChI is InChI=1S/C23H27NO4/c1-15-22(16-6-8-17(25-3)9-7-16)18-12-20-21(27-14-26-20)13-19(18)28-23(15,2)24-10-4-5-11-24/h6-9,12-13,15,22H,4-5,10-11,14H2,1-3H3/t15-,22+,23-/m0/s1. The maximum absolute atomic E-state index is 6.70. The lowest BCUT2D eigenvalue weighted by Gasteiger charge is -2.50. The van der Waals surface area contributed by atoms with E-state index in [0.29, 0.717) is 0 Å². The highest BCUT2D eigenvalue weighted by Crippen LogP contribution is 2.53. The second kappa shape index (κ2) is 6.59. The summed E-state index contributed by atoms with van der Waals surface area (Å²) in [4.78, 5) is 2.50. The minimum atomic E-state index is -0.359. The normalized spacial score (nSPS) is 28.7. The van der Waals surface area contributed by atoms with Crippen LogP contribution < -0.4 is 18.9 Å². The van der Waals surface area contributed by atoms with Gasteiger partial charge in [-0.1, -0.05) is 19.1 Å². The molecule has 2 aromatic rings. The number of nitrogens with zero attached hydrogens (tertiary/aromatic N) is 1. The Hall–Kier alpha value is -2.40. The van der Waals surface area contributed by atoms with E-state index in [2.05, 4.69) is 36.9 Å². The second-order valence-electron chi connectivity index (χ2n) is 8.13. The number of fused-ring (bicyclic) bond motifs is 2. The molecule has 3 atom stereocenters. The van der Waals surface area contributed by atoms with Crippen LogP contribution >= 0.6 is 0 Å². The molecule has 3 aliphatic rings. The summed E-state index contributed by atoms with van der Waals surface area (Å²) >= 11 is 0. The van der Waals surface area contributed by atoms with Gasteiger partial charge in [0.2, 0.25) is 6.79 Å². The zero-order valence-corrected chi connectivity index (χ0v) is 16.7. The number of likely N-dealkylation sites (tertiary alicyclic amines) is 1. The van der Waals surface area contributed by atoms with Gasteiger partial charge in [-0.05, 0) is 43.5 Å². The van der Waals surface area contributed by atoms with E-state index in [1.54, 1.807) is 7.11 Å². The Labute approximate surface area is 166 Å². The van der Waals surface area contributed by atoms with Gasteiger partial charge in [0.25, 0.3) is 0 Å². The van der Waals surface area contributed by atoms with E-state index in [0.717, 1.165) is 36.1 Å². The predicted octanol–water partition coefficient (Wildman–Crippen LogP) is 4.40. The van der Waals surface area contributed by atoms with Crippen molar-refractivity contribution in [2.45, 2.75) is 38.3 Å². The van der Waals surface area contributed by atoms with Crippen molar-refractivity contribution in [3.8, 4) is 23.0 Å². The molecule has 1 saturated heterocycles. The maximum Gasteiger partial charge on any atom is 0.231 e. The maximum atomic E-state index is 6.70. The van der Waals surface area contributed by atoms with Crippen molar-refractivity contribution in [3.63, 3.8) is 0 Å². The molecule has 28 heavy (non-hydrogen) atoms. The molecule has 5 heteroatoms. The quantitative estimate of drug-likeness (QED) is 0.788. The van der Waals surface area contributed by atoms with Crippen LogP contribution in [0.1, 0.15) is 43.7 Å². The molecule has 0 bridgehead atoms. The van der Waals surface area contributed by atoms with Gasteiger partial charge in [-0.3, -0.25) is 4.90 Å². The summed E-state index contributed by atoms with van der Waals surface area (Å²) in [5.74, 6) is 3.82. The summed E-state index contributed by atoms with van der Waals surface area (Å²) in [5.41, 5.74) is 2.07. The zero-order valence-electron chi connectivity index (χ0n) is 16.7. The number of benzene rings is 2. The Morgan fingerprint density at radius 3 is 2.36 bits per heavy atom. The SMILES string of the molecule is COc1ccc([C@@H]2c3cc4c(cc3O[C@](C)(N3CCCC3)[C@H]2C)OCO4)cc1. The molecule has 3 aliphatic heterocycles. The molecular weight excluding hydrogens is 354 g/mol. The molecule has 5 rings (SSSR count). The Morgan fingerprint density at radius 2 is 1.68 bits per heavy atom. The fourth-order valence-electron chi connectivity index (χ4n) is 4.96. The van der Waals surface area contributed by atoms with Crippen LogP contribution in [0.5, 0.6) is 23.0 Å². The van der Waals surface area contributed by atoms with Crippen LogP contribution in [0.4, 0.5) is 0 Å². The zero-order chi connectivity index (χ0) is 19.3. The Kier molecular flexibility index (Phi) is 4.16. The molecule has 2 aromatic carbocycles. The minimum Gasteiger partial charge on any atom is -0.497 e. The van der Waals surface area contributed by atoms with Crippen LogP contribution in [0, 0.1) is 5.92 Å². The summed E-state index contributed by atoms with van der Waals surface area (Å²) in [6.07, 6.45) is 2.46. The second-order valence-corrected chi connectivity index (χ2v) is 8.13. The fourth-order valence-corrected chi connectivity index (χ4v) is 4.96. The molecule has 1 fully saturated rings. The summed E-state index contributed by atoms with van der Waals surface area (Å²) < 4.78 is 23.4. The highest BCUT2D eigenvalue weighted by atomic mass is 16.7. The number of hydrogen-bond donors (Lipinski definition) is 0. The topological polar surface area (TPSA) is 40.2 Å². The summed E-state index contributed by atoms with van der Waals surface area (Å²) in [7, 11) is 1.70. The number of rotatable bonds is 3. The average molecular weight is 381 g/mol. The van der Waals surface area contributed by atoms with Crippen LogP contribution in [0.3, 0.4) is 0 Å². The molecule has 0 saturated carbocycles. The first-order valence-corrected chi connectivity index (χ1v) is 10.1. The smallest absolute Gasteiger partial charge is 0.231 e. The van der Waals surface area contributed by atoms with Gasteiger partial charge in [0, 0.05) is 36.6 Å². The first kappa shape index (κ1) is 17.7. The molecule has 5 nitrogen and oxygen atoms in total. The predicted molar refractivity (Wildman–Crippen MR) is 106 cm³/mol. The molecule has 0 aliphatic carbocycles. The van der Waals surface area contributed by atoms with Gasteiger partial charge in [-0.15, -0.1) is 0 Å². The van der Waals surface area contributed by atoms with Crippen molar-refractivity contribution in [3.05, 3.63) is 47.5 Å². The minimum absolute atomic E-state index is 0.203. The van der Waals surface area contributed by atoms with E-state index < -0.39 is 0 Å². The molecule has 0 radical (unpaired) electrons. The third-order valence-electron chi connectivity index (χ3n) is 6.71. The Bertz CT molecular complexity index is 875. The van der Waals surface area contributed by atoms with E-state index in [1.165, 1.54) is 24.0 Å². The van der Waals surface area contributed by atoms with E-state index in [4.69, 9.17) is 18.9 Å². The number of ether oxygens (including phenoxy) is 4. The van der Waals surface area contributed by atoms with Gasteiger partial charge in [-0.2, -0.15) is 0 Å². The van der Waals surface area contributed by atoms with Crippen molar-refractivity contribution < 1.29 is 18.9 Å². The molecule has 0 amide bonds. The van der Waals surface area contributed by atoms with Gasteiger partial charge in [-0.25, -0.2) is 0 Å². The Morgan fingerprint density at radius 1 is 1.00 bits per heavy atom. The van der Waals surface area contributed by atoms with Crippen LogP contribution in [0.2, 0.25) is 0 Å². The highest BCUT2D eigenvalue weighted by molar-refractivity contribution is 5.56. The Balaban J connectivity index is 1.64. The van der Waals surface area contributed by atoms with E-state index in [9.17, 15) is 0 Å². The molecule has 3 heterocycles. The summed E-state index contributed by atoms with van der Waals surface area (Å²) in [5, 5.41) is 0. The number of hydrogen-bond acceptors (Lipinski definition) is 5. The molecule has 0 aromatic heterocycles. The highest BCUT2D eigenvalue weighted by Gasteiger charge is 2.49.